The summed E-state index contributed by atoms with van der Waals surface area (Å²) in [6.07, 6.45) is 2.39. The van der Waals surface area contributed by atoms with Gasteiger partial charge in [0.25, 0.3) is 0 Å². The highest BCUT2D eigenvalue weighted by Gasteiger charge is 2.34. The highest BCUT2D eigenvalue weighted by Crippen LogP contribution is 2.21. The first-order valence-electron chi connectivity index (χ1n) is 8.83. The summed E-state index contributed by atoms with van der Waals surface area (Å²) in [7, 11) is -3.02. The van der Waals surface area contributed by atoms with Crippen LogP contribution in [0.2, 0.25) is 0 Å². The summed E-state index contributed by atoms with van der Waals surface area (Å²) in [5, 5.41) is 0. The van der Waals surface area contributed by atoms with Gasteiger partial charge >= 0.3 is 0 Å². The molecule has 25 heavy (non-hydrogen) atoms. The van der Waals surface area contributed by atoms with Gasteiger partial charge in [0.2, 0.25) is 5.91 Å². The van der Waals surface area contributed by atoms with E-state index in [4.69, 9.17) is 0 Å². The number of aryl methyl sites for hydroxylation is 1. The number of nitrogens with zero attached hydrogens (tertiary/aromatic N) is 3. The van der Waals surface area contributed by atoms with Gasteiger partial charge in [-0.05, 0) is 31.9 Å². The van der Waals surface area contributed by atoms with E-state index in [0.717, 1.165) is 29.7 Å². The standard InChI is InChI=1S/C18H25N3O3S/c1-3-4-10-20(15-9-11-25(23,24)13-15)18(22)12-21-14(2)19-16-7-5-6-8-17(16)21/h5-8,15H,3-4,9-13H2,1-2H3. The van der Waals surface area contributed by atoms with Gasteiger partial charge in [0.1, 0.15) is 12.4 Å². The van der Waals surface area contributed by atoms with Gasteiger partial charge in [-0.2, -0.15) is 0 Å². The third-order valence-electron chi connectivity index (χ3n) is 4.86. The first-order valence-corrected chi connectivity index (χ1v) is 10.6. The molecule has 1 aliphatic heterocycles. The van der Waals surface area contributed by atoms with Gasteiger partial charge in [0.15, 0.2) is 9.84 Å². The minimum Gasteiger partial charge on any atom is -0.337 e. The van der Waals surface area contributed by atoms with Crippen LogP contribution >= 0.6 is 0 Å². The van der Waals surface area contributed by atoms with E-state index in [-0.39, 0.29) is 30.0 Å². The predicted octanol–water partition coefficient (Wildman–Crippen LogP) is 2.16. The lowest BCUT2D eigenvalue weighted by Crippen LogP contribution is -2.43. The summed E-state index contributed by atoms with van der Waals surface area (Å²) in [5.41, 5.74) is 1.80. The molecular weight excluding hydrogens is 338 g/mol. The van der Waals surface area contributed by atoms with Crippen molar-refractivity contribution >= 4 is 26.8 Å². The molecule has 1 fully saturated rings. The van der Waals surface area contributed by atoms with E-state index in [1.165, 1.54) is 0 Å². The monoisotopic (exact) mass is 363 g/mol. The first kappa shape index (κ1) is 17.9. The van der Waals surface area contributed by atoms with Crippen LogP contribution in [0.4, 0.5) is 0 Å². The number of carbonyl (C=O) groups excluding carboxylic acids is 1. The number of unbranched alkanes of at least 4 members (excludes halogenated alkanes) is 1. The van der Waals surface area contributed by atoms with Crippen LogP contribution in [0.1, 0.15) is 32.0 Å². The molecule has 1 aliphatic rings. The van der Waals surface area contributed by atoms with Crippen LogP contribution in [-0.2, 0) is 21.2 Å². The maximum Gasteiger partial charge on any atom is 0.242 e. The lowest BCUT2D eigenvalue weighted by Gasteiger charge is -2.28. The molecule has 1 aromatic heterocycles. The van der Waals surface area contributed by atoms with Crippen LogP contribution in [0.5, 0.6) is 0 Å². The molecule has 2 heterocycles. The Morgan fingerprint density at radius 1 is 1.36 bits per heavy atom. The smallest absolute Gasteiger partial charge is 0.242 e. The van der Waals surface area contributed by atoms with Crippen molar-refractivity contribution in [2.45, 2.75) is 45.7 Å². The van der Waals surface area contributed by atoms with Crippen molar-refractivity contribution < 1.29 is 13.2 Å². The van der Waals surface area contributed by atoms with Crippen molar-refractivity contribution in [2.24, 2.45) is 0 Å². The quantitative estimate of drug-likeness (QED) is 0.788. The summed E-state index contributed by atoms with van der Waals surface area (Å²) in [5.74, 6) is 1.04. The highest BCUT2D eigenvalue weighted by atomic mass is 32.2. The summed E-state index contributed by atoms with van der Waals surface area (Å²) in [6.45, 7) is 4.78. The van der Waals surface area contributed by atoms with Gasteiger partial charge in [0, 0.05) is 12.6 Å². The summed E-state index contributed by atoms with van der Waals surface area (Å²) in [6, 6.07) is 7.56. The number of imidazole rings is 1. The zero-order valence-corrected chi connectivity index (χ0v) is 15.6. The van der Waals surface area contributed by atoms with E-state index < -0.39 is 9.84 Å². The number of benzene rings is 1. The second-order valence-electron chi connectivity index (χ2n) is 6.73. The molecule has 136 valence electrons. The Balaban J connectivity index is 1.83. The number of aromatic nitrogens is 2. The van der Waals surface area contributed by atoms with Gasteiger partial charge in [-0.1, -0.05) is 25.5 Å². The molecule has 0 saturated carbocycles. The molecule has 0 bridgehead atoms. The minimum absolute atomic E-state index is 0.0261. The largest absolute Gasteiger partial charge is 0.337 e. The molecule has 0 spiro atoms. The van der Waals surface area contributed by atoms with Crippen LogP contribution in [0.3, 0.4) is 0 Å². The van der Waals surface area contributed by atoms with Crippen molar-refractivity contribution in [1.82, 2.24) is 14.5 Å². The van der Waals surface area contributed by atoms with Crippen LogP contribution in [-0.4, -0.2) is 52.9 Å². The molecule has 1 saturated heterocycles. The maximum absolute atomic E-state index is 13.0. The Morgan fingerprint density at radius 3 is 2.80 bits per heavy atom. The van der Waals surface area contributed by atoms with Crippen molar-refractivity contribution in [3.8, 4) is 0 Å². The second kappa shape index (κ2) is 7.15. The average Bonchev–Trinajstić information content (AvgIpc) is 3.08. The van der Waals surface area contributed by atoms with Crippen LogP contribution in [0, 0.1) is 6.92 Å². The number of fused-ring (bicyclic) bond motifs is 1. The zero-order valence-electron chi connectivity index (χ0n) is 14.8. The Bertz CT molecular complexity index is 873. The molecule has 1 aromatic carbocycles. The fourth-order valence-corrected chi connectivity index (χ4v) is 5.21. The summed E-state index contributed by atoms with van der Waals surface area (Å²) < 4.78 is 25.6. The molecule has 0 N–H and O–H groups in total. The Hall–Kier alpha value is -1.89. The van der Waals surface area contributed by atoms with E-state index in [1.807, 2.05) is 35.8 Å². The molecule has 7 heteroatoms. The van der Waals surface area contributed by atoms with Crippen molar-refractivity contribution in [2.75, 3.05) is 18.1 Å². The van der Waals surface area contributed by atoms with Gasteiger partial charge < -0.3 is 9.47 Å². The summed E-state index contributed by atoms with van der Waals surface area (Å²) >= 11 is 0. The SMILES string of the molecule is CCCCN(C(=O)Cn1c(C)nc2ccccc21)C1CCS(=O)(=O)C1. The normalized spacial score (nSPS) is 19.4. The number of sulfone groups is 1. The Morgan fingerprint density at radius 2 is 2.12 bits per heavy atom. The highest BCUT2D eigenvalue weighted by molar-refractivity contribution is 7.91. The number of carbonyl (C=O) groups is 1. The molecule has 6 nitrogen and oxygen atoms in total. The zero-order chi connectivity index (χ0) is 18.0. The number of para-hydroxylation sites is 2. The van der Waals surface area contributed by atoms with Gasteiger partial charge in [-0.15, -0.1) is 0 Å². The van der Waals surface area contributed by atoms with E-state index in [0.29, 0.717) is 13.0 Å². The third-order valence-corrected chi connectivity index (χ3v) is 6.61. The molecule has 3 rings (SSSR count). The fraction of sp³-hybridized carbons (Fsp3) is 0.556. The second-order valence-corrected chi connectivity index (χ2v) is 8.96. The maximum atomic E-state index is 13.0. The van der Waals surface area contributed by atoms with Crippen LogP contribution in [0.15, 0.2) is 24.3 Å². The number of rotatable bonds is 6. The van der Waals surface area contributed by atoms with Gasteiger partial charge in [0.05, 0.1) is 22.5 Å². The number of hydrogen-bond acceptors (Lipinski definition) is 4. The van der Waals surface area contributed by atoms with Crippen LogP contribution < -0.4 is 0 Å². The third kappa shape index (κ3) is 3.86. The Kier molecular flexibility index (Phi) is 5.13. The molecule has 0 aliphatic carbocycles. The molecule has 0 radical (unpaired) electrons. The van der Waals surface area contributed by atoms with Crippen molar-refractivity contribution in [3.63, 3.8) is 0 Å². The Labute approximate surface area is 148 Å². The lowest BCUT2D eigenvalue weighted by atomic mass is 10.2. The van der Waals surface area contributed by atoms with Crippen molar-refractivity contribution in [1.29, 1.82) is 0 Å². The van der Waals surface area contributed by atoms with Gasteiger partial charge in [-0.3, -0.25) is 4.79 Å². The molecule has 1 unspecified atom stereocenters. The number of amides is 1. The van der Waals surface area contributed by atoms with E-state index in [9.17, 15) is 13.2 Å². The molecule has 1 atom stereocenters. The predicted molar refractivity (Wildman–Crippen MR) is 98.1 cm³/mol. The summed E-state index contributed by atoms with van der Waals surface area (Å²) in [4.78, 5) is 19.3. The minimum atomic E-state index is -3.02. The molecule has 2 aromatic rings. The van der Waals surface area contributed by atoms with Gasteiger partial charge in [-0.25, -0.2) is 13.4 Å². The molecular formula is C18H25N3O3S. The topological polar surface area (TPSA) is 72.3 Å². The first-order chi connectivity index (χ1) is 11.9. The molecule has 1 amide bonds. The average molecular weight is 363 g/mol. The number of hydrogen-bond donors (Lipinski definition) is 0. The van der Waals surface area contributed by atoms with E-state index in [1.54, 1.807) is 4.90 Å². The van der Waals surface area contributed by atoms with Crippen molar-refractivity contribution in [3.05, 3.63) is 30.1 Å². The lowest BCUT2D eigenvalue weighted by molar-refractivity contribution is -0.133. The van der Waals surface area contributed by atoms with E-state index in [2.05, 4.69) is 11.9 Å². The van der Waals surface area contributed by atoms with Crippen LogP contribution in [0.25, 0.3) is 11.0 Å². The van der Waals surface area contributed by atoms with E-state index >= 15 is 0 Å². The fourth-order valence-electron chi connectivity index (χ4n) is 3.48.